The molecule has 0 amide bonds. The van der Waals surface area contributed by atoms with Crippen LogP contribution in [0.4, 0.5) is 0 Å². The van der Waals surface area contributed by atoms with E-state index in [1.165, 1.54) is 6.92 Å². The van der Waals surface area contributed by atoms with E-state index in [4.69, 9.17) is 10.5 Å². The lowest BCUT2D eigenvalue weighted by molar-refractivity contribution is -0.141. The fourth-order valence-corrected chi connectivity index (χ4v) is 2.77. The minimum absolute atomic E-state index is 0.0846. The molecule has 0 spiro atoms. The number of Topliss-reactive ketones (excluding diaryl/α,β-unsaturated/α-hetero) is 1. The molecule has 2 rings (SSSR count). The lowest BCUT2D eigenvalue weighted by Gasteiger charge is -2.23. The normalized spacial score (nSPS) is 27.1. The van der Waals surface area contributed by atoms with E-state index >= 15 is 0 Å². The highest BCUT2D eigenvalue weighted by atomic mass is 16.6. The monoisotopic (exact) mass is 381 g/mol. The number of carbonyl (C=O) groups is 1. The smallest absolute Gasteiger partial charge is 0.330 e. The molecule has 6 atom stereocenters. The molecular formula is C17H23N3O7. The number of aliphatic hydroxyl groups excluding tert-OH is 3. The van der Waals surface area contributed by atoms with Crippen LogP contribution in [-0.4, -0.2) is 61.1 Å². The molecule has 148 valence electrons. The summed E-state index contributed by atoms with van der Waals surface area (Å²) >= 11 is 0. The van der Waals surface area contributed by atoms with Crippen LogP contribution in [0, 0.1) is 17.8 Å². The number of hydrogen-bond donors (Lipinski definition) is 5. The maximum Gasteiger partial charge on any atom is 0.330 e. The topological polar surface area (TPSA) is 168 Å². The number of carbonyl (C=O) groups excluding carboxylic acids is 1. The van der Waals surface area contributed by atoms with E-state index in [-0.39, 0.29) is 11.5 Å². The minimum Gasteiger partial charge on any atom is -0.387 e. The molecule has 1 aromatic rings. The Morgan fingerprint density at radius 2 is 1.96 bits per heavy atom. The predicted molar refractivity (Wildman–Crippen MR) is 93.6 cm³/mol. The number of aliphatic hydroxyl groups is 3. The third-order valence-corrected chi connectivity index (χ3v) is 4.43. The number of nitrogens with zero attached hydrogens (tertiary/aromatic N) is 1. The molecule has 27 heavy (non-hydrogen) atoms. The second-order valence-corrected chi connectivity index (χ2v) is 6.67. The third-order valence-electron chi connectivity index (χ3n) is 4.43. The van der Waals surface area contributed by atoms with Gasteiger partial charge in [0.1, 0.15) is 30.0 Å². The number of H-pyrrole nitrogens is 1. The van der Waals surface area contributed by atoms with Crippen LogP contribution in [0.2, 0.25) is 0 Å². The van der Waals surface area contributed by atoms with Crippen LogP contribution < -0.4 is 17.0 Å². The van der Waals surface area contributed by atoms with E-state index in [1.807, 2.05) is 4.98 Å². The van der Waals surface area contributed by atoms with E-state index in [1.54, 1.807) is 13.8 Å². The molecule has 0 radical (unpaired) electrons. The first kappa shape index (κ1) is 21.0. The average molecular weight is 381 g/mol. The van der Waals surface area contributed by atoms with Crippen molar-refractivity contribution in [1.82, 2.24) is 9.55 Å². The van der Waals surface area contributed by atoms with Crippen molar-refractivity contribution in [2.45, 2.75) is 57.5 Å². The third kappa shape index (κ3) is 4.02. The van der Waals surface area contributed by atoms with E-state index in [9.17, 15) is 29.7 Å². The molecule has 1 fully saturated rings. The fraction of sp³-hybridized carbons (Fsp3) is 0.588. The van der Waals surface area contributed by atoms with Crippen molar-refractivity contribution < 1.29 is 24.9 Å². The zero-order chi connectivity index (χ0) is 20.5. The van der Waals surface area contributed by atoms with Crippen LogP contribution in [-0.2, 0) is 9.53 Å². The Balaban J connectivity index is 2.34. The summed E-state index contributed by atoms with van der Waals surface area (Å²) in [5, 5.41) is 30.8. The van der Waals surface area contributed by atoms with Crippen molar-refractivity contribution in [2.24, 2.45) is 11.7 Å². The summed E-state index contributed by atoms with van der Waals surface area (Å²) in [7, 11) is 0. The number of rotatable bonds is 5. The molecule has 10 nitrogen and oxygen atoms in total. The number of ketones is 1. The predicted octanol–water partition coefficient (Wildman–Crippen LogP) is -2.56. The van der Waals surface area contributed by atoms with Gasteiger partial charge in [-0.15, -0.1) is 5.92 Å². The van der Waals surface area contributed by atoms with Gasteiger partial charge in [0, 0.05) is 6.20 Å². The van der Waals surface area contributed by atoms with Crippen LogP contribution in [0.5, 0.6) is 0 Å². The van der Waals surface area contributed by atoms with E-state index in [0.29, 0.717) is 4.57 Å². The first-order valence-corrected chi connectivity index (χ1v) is 8.37. The molecule has 1 aliphatic heterocycles. The van der Waals surface area contributed by atoms with Crippen LogP contribution in [0.3, 0.4) is 0 Å². The van der Waals surface area contributed by atoms with Crippen LogP contribution in [0.15, 0.2) is 15.8 Å². The maximum absolute atomic E-state index is 12.4. The Hall–Kier alpha value is -2.29. The van der Waals surface area contributed by atoms with Gasteiger partial charge in [0.25, 0.3) is 5.56 Å². The quantitative estimate of drug-likeness (QED) is 0.347. The summed E-state index contributed by atoms with van der Waals surface area (Å²) < 4.78 is 6.06. The minimum atomic E-state index is -1.79. The number of aromatic amines is 1. The summed E-state index contributed by atoms with van der Waals surface area (Å²) in [6.45, 7) is 4.91. The van der Waals surface area contributed by atoms with Gasteiger partial charge in [-0.25, -0.2) is 4.79 Å². The van der Waals surface area contributed by atoms with Gasteiger partial charge >= 0.3 is 5.69 Å². The lowest BCUT2D eigenvalue weighted by atomic mass is 9.94. The fourth-order valence-electron chi connectivity index (χ4n) is 2.77. The highest BCUT2D eigenvalue weighted by Gasteiger charge is 2.50. The van der Waals surface area contributed by atoms with E-state index in [0.717, 1.165) is 6.20 Å². The number of aromatic nitrogens is 2. The molecule has 0 saturated carbocycles. The molecule has 0 aliphatic carbocycles. The average Bonchev–Trinajstić information content (AvgIpc) is 2.91. The van der Waals surface area contributed by atoms with Gasteiger partial charge in [0.2, 0.25) is 0 Å². The van der Waals surface area contributed by atoms with Crippen LogP contribution >= 0.6 is 0 Å². The zero-order valence-electron chi connectivity index (χ0n) is 15.1. The van der Waals surface area contributed by atoms with Crippen molar-refractivity contribution in [3.05, 3.63) is 32.6 Å². The Morgan fingerprint density at radius 1 is 1.33 bits per heavy atom. The number of nitrogens with one attached hydrogen (secondary N) is 1. The summed E-state index contributed by atoms with van der Waals surface area (Å²) in [5.74, 6) is 4.11. The molecule has 10 heteroatoms. The molecule has 1 aliphatic rings. The molecule has 0 bridgehead atoms. The standard InChI is InChI=1S/C17H23N3O7/c1-4-5-8-6-20(17(26)19-15(8)24)16(25)14-12(23)11(22)13(27-14)10(21)9(18)7(2)3/h6-7,9,11-14,16,22-23,25H,18H2,1-3H3,(H,19,24,26)/t9-,11-,12-,13-,14-,16?/m0/s1. The van der Waals surface area contributed by atoms with Gasteiger partial charge in [-0.2, -0.15) is 0 Å². The van der Waals surface area contributed by atoms with Gasteiger partial charge in [-0.05, 0) is 12.8 Å². The van der Waals surface area contributed by atoms with Gasteiger partial charge in [-0.1, -0.05) is 19.8 Å². The van der Waals surface area contributed by atoms with Crippen molar-refractivity contribution in [3.8, 4) is 11.8 Å². The van der Waals surface area contributed by atoms with Gasteiger partial charge in [0.15, 0.2) is 12.0 Å². The van der Waals surface area contributed by atoms with Crippen LogP contribution in [0.25, 0.3) is 0 Å². The van der Waals surface area contributed by atoms with Gasteiger partial charge < -0.3 is 25.8 Å². The number of hydrogen-bond acceptors (Lipinski definition) is 8. The summed E-state index contributed by atoms with van der Waals surface area (Å²) in [6.07, 6.45) is -7.02. The van der Waals surface area contributed by atoms with Gasteiger partial charge in [-0.3, -0.25) is 19.1 Å². The largest absolute Gasteiger partial charge is 0.387 e. The van der Waals surface area contributed by atoms with Crippen molar-refractivity contribution in [1.29, 1.82) is 0 Å². The second-order valence-electron chi connectivity index (χ2n) is 6.67. The molecular weight excluding hydrogens is 358 g/mol. The van der Waals surface area contributed by atoms with Crippen molar-refractivity contribution >= 4 is 5.78 Å². The first-order valence-electron chi connectivity index (χ1n) is 8.37. The SMILES string of the molecule is CC#Cc1cn(C(O)[C@H]2O[C@@H](C(=O)[C@@H](N)C(C)C)[C@@H](O)[C@@H]2O)c(=O)[nH]c1=O. The molecule has 2 heterocycles. The molecule has 1 aromatic heterocycles. The molecule has 1 unspecified atom stereocenters. The molecule has 1 saturated heterocycles. The first-order chi connectivity index (χ1) is 12.6. The van der Waals surface area contributed by atoms with Crippen molar-refractivity contribution in [3.63, 3.8) is 0 Å². The zero-order valence-corrected chi connectivity index (χ0v) is 15.1. The van der Waals surface area contributed by atoms with Crippen LogP contribution in [0.1, 0.15) is 32.6 Å². The van der Waals surface area contributed by atoms with Gasteiger partial charge in [0.05, 0.1) is 6.04 Å². The highest BCUT2D eigenvalue weighted by Crippen LogP contribution is 2.29. The Bertz CT molecular complexity index is 879. The summed E-state index contributed by atoms with van der Waals surface area (Å²) in [4.78, 5) is 38.1. The summed E-state index contributed by atoms with van der Waals surface area (Å²) in [6, 6.07) is -0.935. The Morgan fingerprint density at radius 3 is 2.52 bits per heavy atom. The lowest BCUT2D eigenvalue weighted by Crippen LogP contribution is -2.47. The number of nitrogens with two attached hydrogens (primary N) is 1. The van der Waals surface area contributed by atoms with E-state index in [2.05, 4.69) is 11.8 Å². The van der Waals surface area contributed by atoms with E-state index < -0.39 is 53.7 Å². The Labute approximate surface area is 154 Å². The maximum atomic E-state index is 12.4. The highest BCUT2D eigenvalue weighted by molar-refractivity contribution is 5.89. The molecule has 6 N–H and O–H groups in total. The molecule has 0 aromatic carbocycles. The second kappa shape index (κ2) is 8.16. The summed E-state index contributed by atoms with van der Waals surface area (Å²) in [5.41, 5.74) is 4.00. The Kier molecular flexibility index (Phi) is 6.35. The van der Waals surface area contributed by atoms with Crippen molar-refractivity contribution in [2.75, 3.05) is 0 Å². The number of ether oxygens (including phenoxy) is 1.